The molecule has 4 atom stereocenters. The highest BCUT2D eigenvalue weighted by atomic mass is 33.1. The lowest BCUT2D eigenvalue weighted by Crippen LogP contribution is -2.42. The molecule has 2 aliphatic heterocycles. The Morgan fingerprint density at radius 1 is 1.12 bits per heavy atom. The van der Waals surface area contributed by atoms with Gasteiger partial charge >= 0.3 is 12.0 Å². The van der Waals surface area contributed by atoms with Crippen LogP contribution in [0.3, 0.4) is 0 Å². The fourth-order valence-corrected chi connectivity index (χ4v) is 7.11. The van der Waals surface area contributed by atoms with Crippen LogP contribution in [0.2, 0.25) is 0 Å². The van der Waals surface area contributed by atoms with Crippen molar-refractivity contribution >= 4 is 55.2 Å². The average Bonchev–Trinajstić information content (AvgIpc) is 3.29. The first-order chi connectivity index (χ1) is 16.0. The number of urea groups is 1. The third-order valence-corrected chi connectivity index (χ3v) is 9.66. The first-order valence-corrected chi connectivity index (χ1v) is 15.8. The number of aliphatic carboxylic acids is 1. The van der Waals surface area contributed by atoms with Gasteiger partial charge in [0.25, 0.3) is 0 Å². The highest BCUT2D eigenvalue weighted by molar-refractivity contribution is 8.71. The van der Waals surface area contributed by atoms with Crippen LogP contribution in [0.4, 0.5) is 4.79 Å². The molecule has 0 bridgehead atoms. The molecule has 2 fully saturated rings. The molecule has 34 heavy (non-hydrogen) atoms. The molecule has 5 N–H and O–H groups in total. The van der Waals surface area contributed by atoms with Gasteiger partial charge in [-0.2, -0.15) is 11.8 Å². The topological polar surface area (TPSA) is 171 Å². The molecule has 0 saturated carbocycles. The fourth-order valence-electron chi connectivity index (χ4n) is 3.81. The third kappa shape index (κ3) is 10.7. The minimum absolute atomic E-state index is 0.00166. The van der Waals surface area contributed by atoms with Crippen molar-refractivity contribution in [1.29, 1.82) is 0 Å². The molecule has 2 aliphatic rings. The minimum Gasteiger partial charge on any atom is -0.480 e. The normalized spacial score (nSPS) is 22.4. The van der Waals surface area contributed by atoms with E-state index >= 15 is 0 Å². The number of hydrogen-bond donors (Lipinski definition) is 5. The van der Waals surface area contributed by atoms with E-state index in [0.29, 0.717) is 48.3 Å². The number of thioether (sulfide) groups is 1. The fraction of sp³-hybridized carbons (Fsp3) is 0.800. The molecule has 0 spiro atoms. The molecule has 11 nitrogen and oxygen atoms in total. The summed E-state index contributed by atoms with van der Waals surface area (Å²) in [6, 6.07) is -0.939. The summed E-state index contributed by atoms with van der Waals surface area (Å²) in [4.78, 5) is 46.5. The Hall–Kier alpha value is -1.67. The first kappa shape index (κ1) is 28.6. The van der Waals surface area contributed by atoms with Gasteiger partial charge in [-0.05, 0) is 36.5 Å². The molecule has 0 aliphatic carbocycles. The van der Waals surface area contributed by atoms with Gasteiger partial charge in [-0.1, -0.05) is 12.8 Å². The van der Waals surface area contributed by atoms with Crippen LogP contribution in [0, 0.1) is 0 Å². The van der Waals surface area contributed by atoms with Crippen molar-refractivity contribution in [2.24, 2.45) is 0 Å². The van der Waals surface area contributed by atoms with E-state index in [9.17, 15) is 27.6 Å². The van der Waals surface area contributed by atoms with Crippen LogP contribution in [-0.4, -0.2) is 85.0 Å². The van der Waals surface area contributed by atoms with Crippen molar-refractivity contribution in [3.8, 4) is 0 Å². The number of amides is 4. The van der Waals surface area contributed by atoms with Crippen molar-refractivity contribution in [3.05, 3.63) is 0 Å². The molecule has 4 amide bonds. The maximum Gasteiger partial charge on any atom is 0.327 e. The second kappa shape index (κ2) is 14.0. The van der Waals surface area contributed by atoms with E-state index in [1.807, 2.05) is 11.8 Å². The van der Waals surface area contributed by atoms with Gasteiger partial charge in [-0.25, -0.2) is 18.0 Å². The highest BCUT2D eigenvalue weighted by Crippen LogP contribution is 2.33. The Labute approximate surface area is 208 Å². The summed E-state index contributed by atoms with van der Waals surface area (Å²) in [6.07, 6.45) is 6.22. The highest BCUT2D eigenvalue weighted by Gasteiger charge is 2.42. The first-order valence-electron chi connectivity index (χ1n) is 11.4. The monoisotopic (exact) mass is 538 g/mol. The zero-order valence-electron chi connectivity index (χ0n) is 19.2. The van der Waals surface area contributed by atoms with Crippen LogP contribution in [0.5, 0.6) is 0 Å². The summed E-state index contributed by atoms with van der Waals surface area (Å²) >= 11 is 1.87. The van der Waals surface area contributed by atoms with E-state index in [4.69, 9.17) is 5.11 Å². The molecule has 0 aromatic rings. The Morgan fingerprint density at radius 3 is 2.53 bits per heavy atom. The van der Waals surface area contributed by atoms with E-state index < -0.39 is 26.8 Å². The number of carboxylic acids is 1. The summed E-state index contributed by atoms with van der Waals surface area (Å²) in [5.74, 6) is -1.04. The van der Waals surface area contributed by atoms with E-state index in [1.165, 1.54) is 0 Å². The number of rotatable bonds is 16. The summed E-state index contributed by atoms with van der Waals surface area (Å²) in [5.41, 5.74) is 0. The molecule has 194 valence electrons. The third-order valence-electron chi connectivity index (χ3n) is 5.57. The van der Waals surface area contributed by atoms with Crippen LogP contribution in [-0.2, 0) is 23.3 Å². The number of nitrogens with one attached hydrogen (secondary N) is 4. The summed E-state index contributed by atoms with van der Waals surface area (Å²) < 4.78 is 22.3. The number of carbonyl (C=O) groups excluding carboxylic acids is 3. The van der Waals surface area contributed by atoms with E-state index in [0.717, 1.165) is 31.3 Å². The smallest absolute Gasteiger partial charge is 0.327 e. The predicted molar refractivity (Wildman–Crippen MR) is 132 cm³/mol. The van der Waals surface area contributed by atoms with E-state index in [2.05, 4.69) is 21.3 Å². The van der Waals surface area contributed by atoms with Gasteiger partial charge in [0.2, 0.25) is 11.8 Å². The number of carbonyl (C=O) groups is 4. The lowest BCUT2D eigenvalue weighted by molar-refractivity contribution is -0.141. The zero-order chi connectivity index (χ0) is 25.1. The van der Waals surface area contributed by atoms with Crippen molar-refractivity contribution < 1.29 is 32.7 Å². The Bertz CT molecular complexity index is 840. The van der Waals surface area contributed by atoms with Gasteiger partial charge in [0.15, 0.2) is 8.87 Å². The van der Waals surface area contributed by atoms with E-state index in [1.54, 1.807) is 0 Å². The standard InChI is InChI=1S/C20H34N4O7S3/c1-34(30,31)33-12-14(19(27)28)22-17(26)9-3-2-6-10-21-16(25)8-5-4-7-15-18-13(11-32-15)23-20(29)24-18/h13-15,18H,2-12H2,1H3,(H,21,25)(H,22,26)(H,27,28)(H2,23,24,29)/t13-,14+,15-,18-/m0/s1. The molecular weight excluding hydrogens is 504 g/mol. The van der Waals surface area contributed by atoms with Gasteiger partial charge in [0, 0.05) is 42.4 Å². The number of carboxylic acid groups (broad SMARTS) is 1. The number of hydrogen-bond acceptors (Lipinski definition) is 8. The molecule has 2 heterocycles. The van der Waals surface area contributed by atoms with Crippen LogP contribution in [0.15, 0.2) is 0 Å². The second-order valence-corrected chi connectivity index (χ2v) is 14.2. The second-order valence-electron chi connectivity index (χ2n) is 8.48. The SMILES string of the molecule is CS(=O)(=O)SC[C@@H](NC(=O)CCCCCNC(=O)CCCC[C@@H]1SC[C@@H]2NC(=O)N[C@@H]21)C(=O)O. The maximum absolute atomic E-state index is 12.0. The largest absolute Gasteiger partial charge is 0.480 e. The van der Waals surface area contributed by atoms with Gasteiger partial charge in [0.05, 0.1) is 12.1 Å². The maximum atomic E-state index is 12.0. The van der Waals surface area contributed by atoms with Crippen molar-refractivity contribution in [2.45, 2.75) is 74.7 Å². The Morgan fingerprint density at radius 2 is 1.82 bits per heavy atom. The Kier molecular flexibility index (Phi) is 11.8. The molecule has 14 heteroatoms. The minimum atomic E-state index is -3.39. The number of unbranched alkanes of at least 4 members (excludes halogenated alkanes) is 3. The van der Waals surface area contributed by atoms with Gasteiger partial charge < -0.3 is 26.4 Å². The van der Waals surface area contributed by atoms with Crippen LogP contribution in [0.25, 0.3) is 0 Å². The summed E-state index contributed by atoms with van der Waals surface area (Å²) in [7, 11) is -2.90. The van der Waals surface area contributed by atoms with Gasteiger partial charge in [0.1, 0.15) is 6.04 Å². The van der Waals surface area contributed by atoms with Crippen LogP contribution in [0.1, 0.15) is 51.4 Å². The zero-order valence-corrected chi connectivity index (χ0v) is 21.7. The van der Waals surface area contributed by atoms with Crippen LogP contribution < -0.4 is 21.3 Å². The molecule has 2 rings (SSSR count). The molecule has 0 aromatic carbocycles. The lowest BCUT2D eigenvalue weighted by atomic mass is 10.0. The Balaban J connectivity index is 1.46. The molecule has 0 unspecified atom stereocenters. The molecular formula is C20H34N4O7S3. The number of fused-ring (bicyclic) bond motifs is 1. The molecule has 2 saturated heterocycles. The quantitative estimate of drug-likeness (QED) is 0.107. The van der Waals surface area contributed by atoms with E-state index in [-0.39, 0.29) is 36.2 Å². The van der Waals surface area contributed by atoms with Gasteiger partial charge in [-0.3, -0.25) is 9.59 Å². The lowest BCUT2D eigenvalue weighted by Gasteiger charge is -2.16. The van der Waals surface area contributed by atoms with Crippen LogP contribution >= 0.6 is 22.6 Å². The van der Waals surface area contributed by atoms with Crippen molar-refractivity contribution in [2.75, 3.05) is 24.3 Å². The predicted octanol–water partition coefficient (Wildman–Crippen LogP) is 0.651. The molecule has 0 aromatic heterocycles. The summed E-state index contributed by atoms with van der Waals surface area (Å²) in [6.45, 7) is 0.517. The summed E-state index contributed by atoms with van der Waals surface area (Å²) in [5, 5.41) is 20.6. The van der Waals surface area contributed by atoms with Crippen molar-refractivity contribution in [1.82, 2.24) is 21.3 Å². The van der Waals surface area contributed by atoms with Crippen molar-refractivity contribution in [3.63, 3.8) is 0 Å². The average molecular weight is 539 g/mol. The molecule has 0 radical (unpaired) electrons. The van der Waals surface area contributed by atoms with Gasteiger partial charge in [-0.15, -0.1) is 0 Å².